The van der Waals surface area contributed by atoms with Crippen LogP contribution in [-0.2, 0) is 0 Å². The Morgan fingerprint density at radius 3 is 2.50 bits per heavy atom. The van der Waals surface area contributed by atoms with Crippen molar-refractivity contribution in [1.29, 1.82) is 0 Å². The van der Waals surface area contributed by atoms with Crippen molar-refractivity contribution in [3.63, 3.8) is 0 Å². The zero-order valence-corrected chi connectivity index (χ0v) is 8.90. The number of benzene rings is 1. The van der Waals surface area contributed by atoms with Crippen LogP contribution in [0.1, 0.15) is 25.7 Å². The molecule has 0 unspecified atom stereocenters. The fourth-order valence-corrected chi connectivity index (χ4v) is 1.91. The summed E-state index contributed by atoms with van der Waals surface area (Å²) >= 11 is 0.949. The molecule has 0 aliphatic rings. The Labute approximate surface area is 95.2 Å². The maximum atomic E-state index is 11.9. The lowest BCUT2D eigenvalue weighted by atomic mass is 10.1. The van der Waals surface area contributed by atoms with E-state index < -0.39 is 5.97 Å². The third kappa shape index (κ3) is 1.85. The number of aromatic carboxylic acids is 1. The first-order chi connectivity index (χ1) is 7.70. The van der Waals surface area contributed by atoms with Crippen LogP contribution in [0, 0.1) is 0 Å². The molecule has 1 aromatic carbocycles. The topological polar surface area (TPSA) is 67.3 Å². The van der Waals surface area contributed by atoms with Crippen LogP contribution in [0.15, 0.2) is 35.8 Å². The fraction of sp³-hybridized carbons (Fsp3) is 0. The number of nitrogens with zero attached hydrogens (tertiary/aromatic N) is 1. The van der Waals surface area contributed by atoms with Gasteiger partial charge in [0, 0.05) is 5.56 Å². The Morgan fingerprint density at radius 2 is 1.88 bits per heavy atom. The molecular formula is C11H7NO3S. The molecule has 0 spiro atoms. The van der Waals surface area contributed by atoms with E-state index in [1.165, 1.54) is 5.51 Å². The van der Waals surface area contributed by atoms with Crippen LogP contribution in [0.5, 0.6) is 0 Å². The molecule has 0 atom stereocenters. The third-order valence-electron chi connectivity index (χ3n) is 2.01. The summed E-state index contributed by atoms with van der Waals surface area (Å²) in [6, 6.07) is 8.50. The average Bonchev–Trinajstić information content (AvgIpc) is 2.78. The Hall–Kier alpha value is -2.01. The van der Waals surface area contributed by atoms with Crippen molar-refractivity contribution in [3.05, 3.63) is 52.0 Å². The van der Waals surface area contributed by atoms with Crippen LogP contribution in [0.4, 0.5) is 0 Å². The molecule has 80 valence electrons. The zero-order valence-electron chi connectivity index (χ0n) is 8.08. The van der Waals surface area contributed by atoms with Gasteiger partial charge in [-0.3, -0.25) is 4.79 Å². The summed E-state index contributed by atoms with van der Waals surface area (Å²) in [5.74, 6) is -1.49. The second kappa shape index (κ2) is 4.24. The van der Waals surface area contributed by atoms with Gasteiger partial charge in [0.15, 0.2) is 0 Å². The molecule has 0 bridgehead atoms. The molecule has 0 aliphatic heterocycles. The first-order valence-corrected chi connectivity index (χ1v) is 5.34. The number of hydrogen-bond acceptors (Lipinski definition) is 4. The molecule has 0 fully saturated rings. The van der Waals surface area contributed by atoms with Crippen molar-refractivity contribution in [1.82, 2.24) is 4.98 Å². The third-order valence-corrected chi connectivity index (χ3v) is 2.83. The smallest absolute Gasteiger partial charge is 0.348 e. The van der Waals surface area contributed by atoms with Gasteiger partial charge in [-0.15, -0.1) is 11.3 Å². The van der Waals surface area contributed by atoms with E-state index in [0.29, 0.717) is 5.56 Å². The molecule has 0 amide bonds. The van der Waals surface area contributed by atoms with Crippen LogP contribution < -0.4 is 0 Å². The van der Waals surface area contributed by atoms with Crippen LogP contribution in [0.3, 0.4) is 0 Å². The van der Waals surface area contributed by atoms with Gasteiger partial charge in [-0.05, 0) is 0 Å². The first kappa shape index (κ1) is 10.5. The summed E-state index contributed by atoms with van der Waals surface area (Å²) in [6.45, 7) is 0. The van der Waals surface area contributed by atoms with Crippen molar-refractivity contribution in [2.45, 2.75) is 0 Å². The summed E-state index contributed by atoms with van der Waals surface area (Å²) < 4.78 is 0. The SMILES string of the molecule is O=C(c1ccccc1)c1ncsc1C(=O)O. The van der Waals surface area contributed by atoms with Gasteiger partial charge in [-0.25, -0.2) is 9.78 Å². The lowest BCUT2D eigenvalue weighted by Crippen LogP contribution is -2.07. The predicted molar refractivity (Wildman–Crippen MR) is 58.9 cm³/mol. The molecule has 0 saturated carbocycles. The van der Waals surface area contributed by atoms with Gasteiger partial charge >= 0.3 is 5.97 Å². The molecule has 2 rings (SSSR count). The number of carboxylic acid groups (broad SMARTS) is 1. The van der Waals surface area contributed by atoms with Gasteiger partial charge in [0.2, 0.25) is 5.78 Å². The van der Waals surface area contributed by atoms with E-state index in [0.717, 1.165) is 11.3 Å². The molecule has 0 radical (unpaired) electrons. The van der Waals surface area contributed by atoms with Crippen LogP contribution >= 0.6 is 11.3 Å². The lowest BCUT2D eigenvalue weighted by Gasteiger charge is -1.98. The lowest BCUT2D eigenvalue weighted by molar-refractivity contribution is 0.0698. The van der Waals surface area contributed by atoms with Crippen molar-refractivity contribution < 1.29 is 14.7 Å². The number of hydrogen-bond donors (Lipinski definition) is 1. The van der Waals surface area contributed by atoms with Crippen LogP contribution in [0.25, 0.3) is 0 Å². The highest BCUT2D eigenvalue weighted by Gasteiger charge is 2.20. The molecule has 1 heterocycles. The monoisotopic (exact) mass is 233 g/mol. The standard InChI is InChI=1S/C11H7NO3S/c13-9(7-4-2-1-3-5-7)8-10(11(14)15)16-6-12-8/h1-6H,(H,14,15). The van der Waals surface area contributed by atoms with Gasteiger partial charge in [0.25, 0.3) is 0 Å². The van der Waals surface area contributed by atoms with E-state index in [1.807, 2.05) is 0 Å². The van der Waals surface area contributed by atoms with E-state index in [9.17, 15) is 9.59 Å². The van der Waals surface area contributed by atoms with Gasteiger partial charge < -0.3 is 5.11 Å². The highest BCUT2D eigenvalue weighted by Crippen LogP contribution is 2.17. The molecule has 1 N–H and O–H groups in total. The zero-order chi connectivity index (χ0) is 11.5. The minimum Gasteiger partial charge on any atom is -0.477 e. The second-order valence-corrected chi connectivity index (χ2v) is 3.89. The number of rotatable bonds is 3. The minimum atomic E-state index is -1.12. The largest absolute Gasteiger partial charge is 0.477 e. The Bertz CT molecular complexity index is 533. The molecule has 0 saturated heterocycles. The normalized spacial score (nSPS) is 10.0. The van der Waals surface area contributed by atoms with E-state index in [-0.39, 0.29) is 16.4 Å². The first-order valence-electron chi connectivity index (χ1n) is 4.46. The Kier molecular flexibility index (Phi) is 2.78. The average molecular weight is 233 g/mol. The number of ketones is 1. The molecule has 16 heavy (non-hydrogen) atoms. The van der Waals surface area contributed by atoms with E-state index in [1.54, 1.807) is 30.3 Å². The summed E-state index contributed by atoms with van der Waals surface area (Å²) in [4.78, 5) is 26.5. The highest BCUT2D eigenvalue weighted by molar-refractivity contribution is 7.12. The Morgan fingerprint density at radius 1 is 1.19 bits per heavy atom. The van der Waals surface area contributed by atoms with Crippen molar-refractivity contribution in [2.75, 3.05) is 0 Å². The number of thiazole rings is 1. The van der Waals surface area contributed by atoms with Gasteiger partial charge in [0.1, 0.15) is 10.6 Å². The molecule has 4 nitrogen and oxygen atoms in total. The quantitative estimate of drug-likeness (QED) is 0.824. The molecule has 1 aromatic heterocycles. The summed E-state index contributed by atoms with van der Waals surface area (Å²) in [5.41, 5.74) is 1.80. The Balaban J connectivity index is 2.42. The second-order valence-electron chi connectivity index (χ2n) is 3.03. The van der Waals surface area contributed by atoms with Crippen LogP contribution in [-0.4, -0.2) is 21.8 Å². The molecular weight excluding hydrogens is 226 g/mol. The fourth-order valence-electron chi connectivity index (χ4n) is 1.29. The molecule has 5 heteroatoms. The van der Waals surface area contributed by atoms with Crippen molar-refractivity contribution >= 4 is 23.1 Å². The predicted octanol–water partition coefficient (Wildman–Crippen LogP) is 2.07. The summed E-state index contributed by atoms with van der Waals surface area (Å²) in [5, 5.41) is 8.87. The summed E-state index contributed by atoms with van der Waals surface area (Å²) in [6.07, 6.45) is 0. The number of carbonyl (C=O) groups excluding carboxylic acids is 1. The number of aromatic nitrogens is 1. The van der Waals surface area contributed by atoms with Crippen LogP contribution in [0.2, 0.25) is 0 Å². The van der Waals surface area contributed by atoms with E-state index in [4.69, 9.17) is 5.11 Å². The van der Waals surface area contributed by atoms with Gasteiger partial charge in [-0.1, -0.05) is 30.3 Å². The van der Waals surface area contributed by atoms with Crippen molar-refractivity contribution in [3.8, 4) is 0 Å². The van der Waals surface area contributed by atoms with Crippen molar-refractivity contribution in [2.24, 2.45) is 0 Å². The highest BCUT2D eigenvalue weighted by atomic mass is 32.1. The minimum absolute atomic E-state index is 0.00343. The molecule has 0 aliphatic carbocycles. The van der Waals surface area contributed by atoms with E-state index in [2.05, 4.69) is 4.98 Å². The van der Waals surface area contributed by atoms with E-state index >= 15 is 0 Å². The van der Waals surface area contributed by atoms with Gasteiger partial charge in [0.05, 0.1) is 5.51 Å². The van der Waals surface area contributed by atoms with Gasteiger partial charge in [-0.2, -0.15) is 0 Å². The number of carboxylic acids is 1. The maximum Gasteiger partial charge on any atom is 0.348 e. The number of carbonyl (C=O) groups is 2. The summed E-state index contributed by atoms with van der Waals surface area (Å²) in [7, 11) is 0. The maximum absolute atomic E-state index is 11.9. The molecule has 2 aromatic rings.